The average molecular weight is 311 g/mol. The molecule has 0 spiro atoms. The zero-order chi connectivity index (χ0) is 12.3. The fraction of sp³-hybridized carbons (Fsp3) is 0.308. The number of thiazole rings is 1. The Morgan fingerprint density at radius 2 is 2.06 bits per heavy atom. The van der Waals surface area contributed by atoms with Gasteiger partial charge in [-0.3, -0.25) is 0 Å². The number of benzene rings is 1. The molecule has 0 amide bonds. The van der Waals surface area contributed by atoms with Crippen molar-refractivity contribution in [3.05, 3.63) is 50.4 Å². The zero-order valence-corrected chi connectivity index (χ0v) is 12.3. The van der Waals surface area contributed by atoms with Gasteiger partial charge in [-0.15, -0.1) is 11.3 Å². The highest BCUT2D eigenvalue weighted by atomic mass is 79.9. The molecule has 2 rings (SSSR count). The lowest BCUT2D eigenvalue weighted by atomic mass is 10.1. The van der Waals surface area contributed by atoms with Gasteiger partial charge in [-0.05, 0) is 31.5 Å². The van der Waals surface area contributed by atoms with E-state index in [1.54, 1.807) is 11.3 Å². The quantitative estimate of drug-likeness (QED) is 0.921. The standard InChI is InChI=1S/C13H15BrN2S/c1-9(11-3-5-12(14)6-4-11)15-7-13-8-16-10(2)17-13/h3-6,8-9,15H,7H2,1-2H3/t9-/m1/s1. The molecule has 1 N–H and O–H groups in total. The fourth-order valence-corrected chi connectivity index (χ4v) is 2.62. The number of rotatable bonds is 4. The van der Waals surface area contributed by atoms with Crippen molar-refractivity contribution in [3.8, 4) is 0 Å². The molecule has 0 bridgehead atoms. The first kappa shape index (κ1) is 12.7. The molecule has 0 saturated carbocycles. The monoisotopic (exact) mass is 310 g/mol. The second kappa shape index (κ2) is 5.76. The predicted molar refractivity (Wildman–Crippen MR) is 76.2 cm³/mol. The highest BCUT2D eigenvalue weighted by Crippen LogP contribution is 2.18. The highest BCUT2D eigenvalue weighted by Gasteiger charge is 2.05. The molecule has 0 unspecified atom stereocenters. The lowest BCUT2D eigenvalue weighted by Gasteiger charge is -2.13. The van der Waals surface area contributed by atoms with E-state index in [4.69, 9.17) is 0 Å². The number of nitrogens with zero attached hydrogens (tertiary/aromatic N) is 1. The van der Waals surface area contributed by atoms with Gasteiger partial charge in [0.05, 0.1) is 5.01 Å². The summed E-state index contributed by atoms with van der Waals surface area (Å²) >= 11 is 5.19. The minimum Gasteiger partial charge on any atom is -0.305 e. The molecule has 4 heteroatoms. The molecule has 0 saturated heterocycles. The van der Waals surface area contributed by atoms with Crippen LogP contribution in [0.2, 0.25) is 0 Å². The van der Waals surface area contributed by atoms with Gasteiger partial charge in [-0.25, -0.2) is 4.98 Å². The molecule has 1 atom stereocenters. The zero-order valence-electron chi connectivity index (χ0n) is 9.90. The van der Waals surface area contributed by atoms with E-state index in [1.807, 2.05) is 13.1 Å². The van der Waals surface area contributed by atoms with Gasteiger partial charge in [0.1, 0.15) is 0 Å². The molecular weight excluding hydrogens is 296 g/mol. The van der Waals surface area contributed by atoms with Crippen LogP contribution in [-0.4, -0.2) is 4.98 Å². The first-order chi connectivity index (χ1) is 8.15. The molecule has 0 aliphatic rings. The van der Waals surface area contributed by atoms with Crippen molar-refractivity contribution < 1.29 is 0 Å². The Balaban J connectivity index is 1.93. The van der Waals surface area contributed by atoms with Crippen LogP contribution in [0.15, 0.2) is 34.9 Å². The summed E-state index contributed by atoms with van der Waals surface area (Å²) in [4.78, 5) is 5.53. The van der Waals surface area contributed by atoms with E-state index < -0.39 is 0 Å². The molecule has 0 fully saturated rings. The van der Waals surface area contributed by atoms with Gasteiger partial charge in [-0.2, -0.15) is 0 Å². The number of aromatic nitrogens is 1. The van der Waals surface area contributed by atoms with Crippen LogP contribution in [0.5, 0.6) is 0 Å². The Bertz CT molecular complexity index is 478. The minimum atomic E-state index is 0.352. The van der Waals surface area contributed by atoms with Crippen molar-refractivity contribution in [2.24, 2.45) is 0 Å². The summed E-state index contributed by atoms with van der Waals surface area (Å²) in [5, 5.41) is 4.63. The van der Waals surface area contributed by atoms with Crippen LogP contribution in [0, 0.1) is 6.92 Å². The topological polar surface area (TPSA) is 24.9 Å². The normalized spacial score (nSPS) is 12.6. The first-order valence-corrected chi connectivity index (χ1v) is 7.16. The Morgan fingerprint density at radius 3 is 2.65 bits per heavy atom. The number of halogens is 1. The third-order valence-electron chi connectivity index (χ3n) is 2.62. The second-order valence-electron chi connectivity index (χ2n) is 4.00. The van der Waals surface area contributed by atoms with Crippen LogP contribution < -0.4 is 5.32 Å². The summed E-state index contributed by atoms with van der Waals surface area (Å²) in [6.07, 6.45) is 1.95. The molecule has 2 aromatic rings. The SMILES string of the molecule is Cc1ncc(CN[C@H](C)c2ccc(Br)cc2)s1. The van der Waals surface area contributed by atoms with Crippen molar-refractivity contribution in [3.63, 3.8) is 0 Å². The van der Waals surface area contributed by atoms with Crippen LogP contribution >= 0.6 is 27.3 Å². The van der Waals surface area contributed by atoms with Gasteiger partial charge < -0.3 is 5.32 Å². The van der Waals surface area contributed by atoms with Gasteiger partial charge in [0.2, 0.25) is 0 Å². The number of aryl methyl sites for hydroxylation is 1. The minimum absolute atomic E-state index is 0.352. The predicted octanol–water partition coefficient (Wildman–Crippen LogP) is 4.06. The van der Waals surface area contributed by atoms with E-state index >= 15 is 0 Å². The van der Waals surface area contributed by atoms with Gasteiger partial charge in [0, 0.05) is 28.1 Å². The Morgan fingerprint density at radius 1 is 1.35 bits per heavy atom. The van der Waals surface area contributed by atoms with Crippen molar-refractivity contribution in [1.29, 1.82) is 0 Å². The van der Waals surface area contributed by atoms with Crippen LogP contribution in [0.3, 0.4) is 0 Å². The first-order valence-electron chi connectivity index (χ1n) is 5.55. The van der Waals surface area contributed by atoms with E-state index in [1.165, 1.54) is 10.4 Å². The largest absolute Gasteiger partial charge is 0.305 e. The molecule has 0 aliphatic carbocycles. The third-order valence-corrected chi connectivity index (χ3v) is 4.06. The molecule has 1 aromatic carbocycles. The fourth-order valence-electron chi connectivity index (χ4n) is 1.61. The summed E-state index contributed by atoms with van der Waals surface area (Å²) in [5.74, 6) is 0. The lowest BCUT2D eigenvalue weighted by molar-refractivity contribution is 0.578. The molecule has 17 heavy (non-hydrogen) atoms. The number of hydrogen-bond donors (Lipinski definition) is 1. The van der Waals surface area contributed by atoms with Crippen molar-refractivity contribution >= 4 is 27.3 Å². The molecule has 0 aliphatic heterocycles. The highest BCUT2D eigenvalue weighted by molar-refractivity contribution is 9.10. The molecule has 90 valence electrons. The van der Waals surface area contributed by atoms with Crippen molar-refractivity contribution in [1.82, 2.24) is 10.3 Å². The second-order valence-corrected chi connectivity index (χ2v) is 6.23. The number of hydrogen-bond acceptors (Lipinski definition) is 3. The summed E-state index contributed by atoms with van der Waals surface area (Å²) in [6, 6.07) is 8.78. The molecule has 2 nitrogen and oxygen atoms in total. The molecule has 0 radical (unpaired) electrons. The van der Waals surface area contributed by atoms with Gasteiger partial charge in [0.15, 0.2) is 0 Å². The van der Waals surface area contributed by atoms with Gasteiger partial charge in [-0.1, -0.05) is 28.1 Å². The van der Waals surface area contributed by atoms with E-state index in [9.17, 15) is 0 Å². The van der Waals surface area contributed by atoms with E-state index in [-0.39, 0.29) is 0 Å². The van der Waals surface area contributed by atoms with Crippen LogP contribution in [0.4, 0.5) is 0 Å². The van der Waals surface area contributed by atoms with Gasteiger partial charge >= 0.3 is 0 Å². The Labute approximate surface area is 114 Å². The molecular formula is C13H15BrN2S. The summed E-state index contributed by atoms with van der Waals surface area (Å²) in [7, 11) is 0. The summed E-state index contributed by atoms with van der Waals surface area (Å²) < 4.78 is 1.12. The molecule has 1 aromatic heterocycles. The van der Waals surface area contributed by atoms with Gasteiger partial charge in [0.25, 0.3) is 0 Å². The maximum absolute atomic E-state index is 4.25. The van der Waals surface area contributed by atoms with Crippen molar-refractivity contribution in [2.75, 3.05) is 0 Å². The maximum atomic E-state index is 4.25. The lowest BCUT2D eigenvalue weighted by Crippen LogP contribution is -2.17. The third kappa shape index (κ3) is 3.63. The van der Waals surface area contributed by atoms with Crippen LogP contribution in [-0.2, 0) is 6.54 Å². The number of nitrogens with one attached hydrogen (secondary N) is 1. The maximum Gasteiger partial charge on any atom is 0.0897 e. The summed E-state index contributed by atoms with van der Waals surface area (Å²) in [6.45, 7) is 5.09. The Hall–Kier alpha value is -0.710. The Kier molecular flexibility index (Phi) is 4.31. The van der Waals surface area contributed by atoms with Crippen LogP contribution in [0.1, 0.15) is 28.4 Å². The van der Waals surface area contributed by atoms with E-state index in [2.05, 4.69) is 57.4 Å². The van der Waals surface area contributed by atoms with Crippen LogP contribution in [0.25, 0.3) is 0 Å². The smallest absolute Gasteiger partial charge is 0.0897 e. The molecule has 1 heterocycles. The average Bonchev–Trinajstić information content (AvgIpc) is 2.73. The van der Waals surface area contributed by atoms with E-state index in [0.717, 1.165) is 16.0 Å². The van der Waals surface area contributed by atoms with Crippen molar-refractivity contribution in [2.45, 2.75) is 26.4 Å². The summed E-state index contributed by atoms with van der Waals surface area (Å²) in [5.41, 5.74) is 1.30. The van der Waals surface area contributed by atoms with E-state index in [0.29, 0.717) is 6.04 Å².